The van der Waals surface area contributed by atoms with Crippen molar-refractivity contribution in [2.75, 3.05) is 7.11 Å². The van der Waals surface area contributed by atoms with E-state index >= 15 is 0 Å². The molecule has 0 radical (unpaired) electrons. The highest BCUT2D eigenvalue weighted by atomic mass is 16.5. The van der Waals surface area contributed by atoms with E-state index in [-0.39, 0.29) is 11.6 Å². The number of hydrogen-bond donors (Lipinski definition) is 1. The molecule has 0 saturated heterocycles. The fraction of sp³-hybridized carbons (Fsp3) is 0.267. The maximum atomic E-state index is 11.8. The minimum Gasteiger partial charge on any atom is -0.496 e. The van der Waals surface area contributed by atoms with E-state index in [1.165, 1.54) is 0 Å². The van der Waals surface area contributed by atoms with Gasteiger partial charge in [-0.1, -0.05) is 18.2 Å². The number of rotatable bonds is 4. The molecule has 0 aliphatic heterocycles. The molecule has 0 aliphatic carbocycles. The average molecular weight is 258 g/mol. The minimum atomic E-state index is -0.281. The number of nitrogens with two attached hydrogens (primary N) is 1. The smallest absolute Gasteiger partial charge is 0.250 e. The first-order valence-corrected chi connectivity index (χ1v) is 6.17. The number of aryl methyl sites for hydroxylation is 1. The van der Waals surface area contributed by atoms with Gasteiger partial charge in [0.05, 0.1) is 13.2 Å². The number of hydrogen-bond acceptors (Lipinski definition) is 3. The van der Waals surface area contributed by atoms with Crippen molar-refractivity contribution in [2.24, 2.45) is 5.73 Å². The van der Waals surface area contributed by atoms with Gasteiger partial charge in [-0.2, -0.15) is 0 Å². The van der Waals surface area contributed by atoms with Crippen molar-refractivity contribution in [1.29, 1.82) is 0 Å². The molecule has 1 aromatic carbocycles. The van der Waals surface area contributed by atoms with Gasteiger partial charge in [0.15, 0.2) is 0 Å². The van der Waals surface area contributed by atoms with Gasteiger partial charge in [-0.3, -0.25) is 4.79 Å². The summed E-state index contributed by atoms with van der Waals surface area (Å²) in [5.41, 5.74) is 7.99. The third-order valence-corrected chi connectivity index (χ3v) is 3.08. The van der Waals surface area contributed by atoms with Crippen molar-refractivity contribution in [3.05, 3.63) is 64.1 Å². The highest BCUT2D eigenvalue weighted by Gasteiger charge is 2.12. The second-order valence-corrected chi connectivity index (χ2v) is 4.54. The molecule has 4 nitrogen and oxygen atoms in total. The fourth-order valence-electron chi connectivity index (χ4n) is 2.04. The monoisotopic (exact) mass is 258 g/mol. The molecule has 4 heteroatoms. The second-order valence-electron chi connectivity index (χ2n) is 4.54. The zero-order chi connectivity index (χ0) is 13.8. The molecule has 0 bridgehead atoms. The third kappa shape index (κ3) is 3.03. The quantitative estimate of drug-likeness (QED) is 0.910. The first-order valence-electron chi connectivity index (χ1n) is 6.17. The summed E-state index contributed by atoms with van der Waals surface area (Å²) in [4.78, 5) is 11.8. The molecular weight excluding hydrogens is 240 g/mol. The lowest BCUT2D eigenvalue weighted by Crippen LogP contribution is -2.26. The minimum absolute atomic E-state index is 0.0367. The average Bonchev–Trinajstić information content (AvgIpc) is 2.41. The Morgan fingerprint density at radius 3 is 2.74 bits per heavy atom. The summed E-state index contributed by atoms with van der Waals surface area (Å²) in [6, 6.07) is 10.8. The van der Waals surface area contributed by atoms with Gasteiger partial charge in [-0.15, -0.1) is 0 Å². The Balaban J connectivity index is 2.25. The Morgan fingerprint density at radius 2 is 2.05 bits per heavy atom. The normalized spacial score (nSPS) is 12.2. The van der Waals surface area contributed by atoms with Crippen LogP contribution in [-0.2, 0) is 6.54 Å². The van der Waals surface area contributed by atoms with E-state index in [0.29, 0.717) is 6.54 Å². The summed E-state index contributed by atoms with van der Waals surface area (Å²) in [6.45, 7) is 2.32. The number of methoxy groups -OCH3 is 1. The number of nitrogens with zero attached hydrogens (tertiary/aromatic N) is 1. The standard InChI is InChI=1S/C15H18N2O2/c1-11-7-8-17(15(18)9-11)10-13(16)12-5-3-4-6-14(12)19-2/h3-9,13H,10,16H2,1-2H3. The SMILES string of the molecule is COc1ccccc1C(N)Cn1ccc(C)cc1=O. The van der Waals surface area contributed by atoms with Crippen LogP contribution in [0.3, 0.4) is 0 Å². The topological polar surface area (TPSA) is 57.2 Å². The first-order chi connectivity index (χ1) is 9.11. The van der Waals surface area contributed by atoms with Crippen LogP contribution in [0, 0.1) is 6.92 Å². The Labute approximate surface area is 112 Å². The van der Waals surface area contributed by atoms with Gasteiger partial charge in [-0.25, -0.2) is 0 Å². The number of benzene rings is 1. The van der Waals surface area contributed by atoms with Crippen LogP contribution in [0.25, 0.3) is 0 Å². The molecule has 0 aliphatic rings. The van der Waals surface area contributed by atoms with E-state index < -0.39 is 0 Å². The third-order valence-electron chi connectivity index (χ3n) is 3.08. The van der Waals surface area contributed by atoms with Crippen LogP contribution < -0.4 is 16.0 Å². The molecule has 2 aromatic rings. The van der Waals surface area contributed by atoms with E-state index in [2.05, 4.69) is 0 Å². The van der Waals surface area contributed by atoms with Crippen molar-refractivity contribution >= 4 is 0 Å². The molecule has 0 saturated carbocycles. The highest BCUT2D eigenvalue weighted by Crippen LogP contribution is 2.23. The lowest BCUT2D eigenvalue weighted by molar-refractivity contribution is 0.401. The number of para-hydroxylation sites is 1. The zero-order valence-electron chi connectivity index (χ0n) is 11.2. The van der Waals surface area contributed by atoms with Crippen LogP contribution in [0.5, 0.6) is 5.75 Å². The van der Waals surface area contributed by atoms with Crippen LogP contribution in [0.15, 0.2) is 47.4 Å². The van der Waals surface area contributed by atoms with Gasteiger partial charge >= 0.3 is 0 Å². The van der Waals surface area contributed by atoms with Crippen LogP contribution in [0.4, 0.5) is 0 Å². The van der Waals surface area contributed by atoms with Gasteiger partial charge < -0.3 is 15.0 Å². The zero-order valence-corrected chi connectivity index (χ0v) is 11.2. The van der Waals surface area contributed by atoms with Gasteiger partial charge in [0.2, 0.25) is 0 Å². The van der Waals surface area contributed by atoms with Crippen LogP contribution >= 0.6 is 0 Å². The number of aromatic nitrogens is 1. The molecule has 0 amide bonds. The Morgan fingerprint density at radius 1 is 1.32 bits per heavy atom. The highest BCUT2D eigenvalue weighted by molar-refractivity contribution is 5.35. The summed E-state index contributed by atoms with van der Waals surface area (Å²) in [5.74, 6) is 0.746. The van der Waals surface area contributed by atoms with Crippen molar-refractivity contribution in [2.45, 2.75) is 19.5 Å². The number of ether oxygens (including phenoxy) is 1. The summed E-state index contributed by atoms with van der Waals surface area (Å²) >= 11 is 0. The van der Waals surface area contributed by atoms with Crippen molar-refractivity contribution < 1.29 is 4.74 Å². The molecule has 2 rings (SSSR count). The molecule has 19 heavy (non-hydrogen) atoms. The van der Waals surface area contributed by atoms with Gasteiger partial charge in [-0.05, 0) is 24.6 Å². The molecular formula is C15H18N2O2. The number of pyridine rings is 1. The molecule has 1 atom stereocenters. The van der Waals surface area contributed by atoms with E-state index in [9.17, 15) is 4.79 Å². The molecule has 1 unspecified atom stereocenters. The molecule has 0 fully saturated rings. The Kier molecular flexibility index (Phi) is 4.02. The fourth-order valence-corrected chi connectivity index (χ4v) is 2.04. The molecule has 1 aromatic heterocycles. The predicted molar refractivity (Wildman–Crippen MR) is 75.4 cm³/mol. The maximum Gasteiger partial charge on any atom is 0.250 e. The van der Waals surface area contributed by atoms with E-state index in [1.807, 2.05) is 37.3 Å². The van der Waals surface area contributed by atoms with E-state index in [1.54, 1.807) is 23.9 Å². The summed E-state index contributed by atoms with van der Waals surface area (Å²) in [5, 5.41) is 0. The van der Waals surface area contributed by atoms with Crippen molar-refractivity contribution in [1.82, 2.24) is 4.57 Å². The predicted octanol–water partition coefficient (Wildman–Crippen LogP) is 1.87. The van der Waals surface area contributed by atoms with Gasteiger partial charge in [0.25, 0.3) is 5.56 Å². The van der Waals surface area contributed by atoms with E-state index in [0.717, 1.165) is 16.9 Å². The molecule has 0 spiro atoms. The summed E-state index contributed by atoms with van der Waals surface area (Å²) in [7, 11) is 1.61. The Hall–Kier alpha value is -2.07. The summed E-state index contributed by atoms with van der Waals surface area (Å²) in [6.07, 6.45) is 1.77. The maximum absolute atomic E-state index is 11.8. The van der Waals surface area contributed by atoms with E-state index in [4.69, 9.17) is 10.5 Å². The lowest BCUT2D eigenvalue weighted by atomic mass is 10.1. The molecule has 1 heterocycles. The lowest BCUT2D eigenvalue weighted by Gasteiger charge is -2.16. The summed E-state index contributed by atoms with van der Waals surface area (Å²) < 4.78 is 6.90. The first kappa shape index (κ1) is 13.4. The van der Waals surface area contributed by atoms with Crippen LogP contribution in [-0.4, -0.2) is 11.7 Å². The molecule has 2 N–H and O–H groups in total. The van der Waals surface area contributed by atoms with Crippen LogP contribution in [0.2, 0.25) is 0 Å². The van der Waals surface area contributed by atoms with Crippen molar-refractivity contribution in [3.8, 4) is 5.75 Å². The largest absolute Gasteiger partial charge is 0.496 e. The second kappa shape index (κ2) is 5.71. The van der Waals surface area contributed by atoms with Crippen molar-refractivity contribution in [3.63, 3.8) is 0 Å². The van der Waals surface area contributed by atoms with Crippen LogP contribution in [0.1, 0.15) is 17.2 Å². The van der Waals surface area contributed by atoms with Gasteiger partial charge in [0, 0.05) is 24.4 Å². The Bertz CT molecular complexity index is 620. The molecule has 100 valence electrons. The van der Waals surface area contributed by atoms with Gasteiger partial charge in [0.1, 0.15) is 5.75 Å².